The lowest BCUT2D eigenvalue weighted by molar-refractivity contribution is -0.121. The average molecular weight is 372 g/mol. The second-order valence-corrected chi connectivity index (χ2v) is 8.02. The molecule has 25 heavy (non-hydrogen) atoms. The van der Waals surface area contributed by atoms with Crippen molar-refractivity contribution in [3.63, 3.8) is 0 Å². The van der Waals surface area contributed by atoms with Crippen LogP contribution in [0.15, 0.2) is 60.0 Å². The van der Waals surface area contributed by atoms with Gasteiger partial charge in [0.15, 0.2) is 0 Å². The Bertz CT molecular complexity index is 781. The van der Waals surface area contributed by atoms with Crippen molar-refractivity contribution in [3.8, 4) is 0 Å². The van der Waals surface area contributed by atoms with Gasteiger partial charge in [0.1, 0.15) is 6.10 Å². The van der Waals surface area contributed by atoms with Crippen molar-refractivity contribution < 1.29 is 9.90 Å². The van der Waals surface area contributed by atoms with Crippen LogP contribution in [0.25, 0.3) is 0 Å². The molecular weight excluding hydrogens is 350 g/mol. The summed E-state index contributed by atoms with van der Waals surface area (Å²) in [5.41, 5.74) is 1.26. The van der Waals surface area contributed by atoms with E-state index in [2.05, 4.69) is 17.4 Å². The van der Waals surface area contributed by atoms with Gasteiger partial charge < -0.3 is 10.4 Å². The second kappa shape index (κ2) is 8.94. The summed E-state index contributed by atoms with van der Waals surface area (Å²) in [7, 11) is 0. The van der Waals surface area contributed by atoms with Crippen LogP contribution in [0.1, 0.15) is 39.1 Å². The van der Waals surface area contributed by atoms with Crippen LogP contribution in [-0.4, -0.2) is 11.0 Å². The third kappa shape index (κ3) is 5.26. The van der Waals surface area contributed by atoms with Crippen molar-refractivity contribution in [1.29, 1.82) is 0 Å². The minimum atomic E-state index is -0.569. The second-order valence-electron chi connectivity index (χ2n) is 5.84. The molecule has 0 spiro atoms. The lowest BCUT2D eigenvalue weighted by Gasteiger charge is -2.06. The van der Waals surface area contributed by atoms with Crippen molar-refractivity contribution in [2.24, 2.45) is 0 Å². The zero-order valence-corrected chi connectivity index (χ0v) is 15.5. The van der Waals surface area contributed by atoms with Gasteiger partial charge in [-0.3, -0.25) is 4.79 Å². The van der Waals surface area contributed by atoms with E-state index in [-0.39, 0.29) is 5.91 Å². The molecule has 2 aromatic heterocycles. The largest absolute Gasteiger partial charge is 0.382 e. The molecule has 0 saturated heterocycles. The van der Waals surface area contributed by atoms with E-state index in [1.807, 2.05) is 47.8 Å². The Morgan fingerprint density at radius 1 is 1.04 bits per heavy atom. The fraction of sp³-hybridized carbons (Fsp3) is 0.250. The Hall–Kier alpha value is -1.95. The standard InChI is InChI=1S/C20H21NO2S2/c22-19(10-4-8-15-6-2-1-3-7-15)21-14-16-11-12-18(25-16)20(23)17-9-5-13-24-17/h1-3,5-7,9,11-13,20,23H,4,8,10,14H2,(H,21,22). The topological polar surface area (TPSA) is 49.3 Å². The molecule has 130 valence electrons. The molecule has 2 heterocycles. The first kappa shape index (κ1) is 17.9. The molecule has 5 heteroatoms. The number of aliphatic hydroxyl groups excluding tert-OH is 1. The van der Waals surface area contributed by atoms with E-state index in [1.165, 1.54) is 5.56 Å². The van der Waals surface area contributed by atoms with Gasteiger partial charge in [0, 0.05) is 21.1 Å². The summed E-state index contributed by atoms with van der Waals surface area (Å²) in [6.45, 7) is 0.520. The number of hydrogen-bond acceptors (Lipinski definition) is 4. The molecule has 1 unspecified atom stereocenters. The fourth-order valence-electron chi connectivity index (χ4n) is 2.60. The van der Waals surface area contributed by atoms with E-state index in [4.69, 9.17) is 0 Å². The first-order valence-electron chi connectivity index (χ1n) is 8.33. The highest BCUT2D eigenvalue weighted by atomic mass is 32.1. The maximum absolute atomic E-state index is 12.0. The summed E-state index contributed by atoms with van der Waals surface area (Å²) in [4.78, 5) is 14.9. The lowest BCUT2D eigenvalue weighted by atomic mass is 10.1. The molecular formula is C20H21NO2S2. The molecule has 3 rings (SSSR count). The normalized spacial score (nSPS) is 12.0. The van der Waals surface area contributed by atoms with Crippen LogP contribution in [0.2, 0.25) is 0 Å². The Morgan fingerprint density at radius 3 is 2.64 bits per heavy atom. The summed E-state index contributed by atoms with van der Waals surface area (Å²) >= 11 is 3.09. The summed E-state index contributed by atoms with van der Waals surface area (Å²) in [6, 6.07) is 18.0. The van der Waals surface area contributed by atoms with Gasteiger partial charge in [-0.15, -0.1) is 22.7 Å². The van der Waals surface area contributed by atoms with Gasteiger partial charge >= 0.3 is 0 Å². The molecule has 1 atom stereocenters. The molecule has 1 aromatic carbocycles. The number of thiophene rings is 2. The molecule has 0 bridgehead atoms. The number of rotatable bonds is 8. The Morgan fingerprint density at radius 2 is 1.88 bits per heavy atom. The first-order valence-corrected chi connectivity index (χ1v) is 10.0. The van der Waals surface area contributed by atoms with Crippen LogP contribution < -0.4 is 5.32 Å². The average Bonchev–Trinajstić information content (AvgIpc) is 3.32. The van der Waals surface area contributed by atoms with Gasteiger partial charge in [0.25, 0.3) is 0 Å². The highest BCUT2D eigenvalue weighted by molar-refractivity contribution is 7.12. The van der Waals surface area contributed by atoms with Gasteiger partial charge in [-0.2, -0.15) is 0 Å². The van der Waals surface area contributed by atoms with Crippen LogP contribution in [0.4, 0.5) is 0 Å². The summed E-state index contributed by atoms with van der Waals surface area (Å²) in [5, 5.41) is 15.3. The van der Waals surface area contributed by atoms with E-state index < -0.39 is 6.10 Å². The number of nitrogens with one attached hydrogen (secondary N) is 1. The lowest BCUT2D eigenvalue weighted by Crippen LogP contribution is -2.21. The van der Waals surface area contributed by atoms with Crippen LogP contribution in [-0.2, 0) is 17.8 Å². The van der Waals surface area contributed by atoms with Gasteiger partial charge in [-0.05, 0) is 42.0 Å². The number of aliphatic hydroxyl groups is 1. The number of benzene rings is 1. The molecule has 0 aliphatic carbocycles. The Balaban J connectivity index is 1.42. The maximum atomic E-state index is 12.0. The molecule has 0 fully saturated rings. The third-order valence-electron chi connectivity index (χ3n) is 3.94. The molecule has 3 nitrogen and oxygen atoms in total. The minimum absolute atomic E-state index is 0.0738. The highest BCUT2D eigenvalue weighted by Gasteiger charge is 2.14. The van der Waals surface area contributed by atoms with E-state index >= 15 is 0 Å². The zero-order chi connectivity index (χ0) is 17.5. The molecule has 0 saturated carbocycles. The number of carbonyl (C=O) groups excluding carboxylic acids is 1. The van der Waals surface area contributed by atoms with E-state index in [0.29, 0.717) is 13.0 Å². The monoisotopic (exact) mass is 371 g/mol. The van der Waals surface area contributed by atoms with E-state index in [0.717, 1.165) is 27.5 Å². The van der Waals surface area contributed by atoms with Crippen molar-refractivity contribution in [2.75, 3.05) is 0 Å². The summed E-state index contributed by atoms with van der Waals surface area (Å²) in [5.74, 6) is 0.0738. The van der Waals surface area contributed by atoms with Crippen LogP contribution in [0, 0.1) is 0 Å². The third-order valence-corrected chi connectivity index (χ3v) is 6.00. The predicted octanol–water partition coefficient (Wildman–Crippen LogP) is 4.53. The fourth-order valence-corrected chi connectivity index (χ4v) is 4.36. The van der Waals surface area contributed by atoms with Gasteiger partial charge in [-0.1, -0.05) is 36.4 Å². The predicted molar refractivity (Wildman–Crippen MR) is 104 cm³/mol. The summed E-state index contributed by atoms with van der Waals surface area (Å²) in [6.07, 6.45) is 1.73. The first-order chi connectivity index (χ1) is 12.2. The van der Waals surface area contributed by atoms with Crippen molar-refractivity contribution >= 4 is 28.6 Å². The molecule has 2 N–H and O–H groups in total. The van der Waals surface area contributed by atoms with Crippen LogP contribution in [0.3, 0.4) is 0 Å². The SMILES string of the molecule is O=C(CCCc1ccccc1)NCc1ccc(C(O)c2cccs2)s1. The molecule has 0 aliphatic heterocycles. The number of carbonyl (C=O) groups is 1. The zero-order valence-electron chi connectivity index (χ0n) is 13.9. The quantitative estimate of drug-likeness (QED) is 0.611. The van der Waals surface area contributed by atoms with Crippen LogP contribution in [0.5, 0.6) is 0 Å². The molecule has 0 aliphatic rings. The minimum Gasteiger partial charge on any atom is -0.382 e. The Kier molecular flexibility index (Phi) is 6.39. The number of amides is 1. The van der Waals surface area contributed by atoms with Gasteiger partial charge in [0.2, 0.25) is 5.91 Å². The molecule has 3 aromatic rings. The highest BCUT2D eigenvalue weighted by Crippen LogP contribution is 2.30. The van der Waals surface area contributed by atoms with Crippen molar-refractivity contribution in [2.45, 2.75) is 31.9 Å². The van der Waals surface area contributed by atoms with Crippen molar-refractivity contribution in [3.05, 3.63) is 80.2 Å². The Labute approximate surface area is 156 Å². The molecule has 0 radical (unpaired) electrons. The maximum Gasteiger partial charge on any atom is 0.220 e. The van der Waals surface area contributed by atoms with Crippen molar-refractivity contribution in [1.82, 2.24) is 5.32 Å². The van der Waals surface area contributed by atoms with E-state index in [1.54, 1.807) is 22.7 Å². The van der Waals surface area contributed by atoms with Gasteiger partial charge in [0.05, 0.1) is 6.54 Å². The summed E-state index contributed by atoms with van der Waals surface area (Å²) < 4.78 is 0. The smallest absolute Gasteiger partial charge is 0.220 e. The van der Waals surface area contributed by atoms with Gasteiger partial charge in [-0.25, -0.2) is 0 Å². The van der Waals surface area contributed by atoms with E-state index in [9.17, 15) is 9.90 Å². The van der Waals surface area contributed by atoms with Crippen LogP contribution >= 0.6 is 22.7 Å². The number of aryl methyl sites for hydroxylation is 1. The number of hydrogen-bond donors (Lipinski definition) is 2. The molecule has 1 amide bonds.